The minimum atomic E-state index is -0.111. The van der Waals surface area contributed by atoms with E-state index in [1.54, 1.807) is 30.5 Å². The second kappa shape index (κ2) is 8.26. The summed E-state index contributed by atoms with van der Waals surface area (Å²) in [5.74, 6) is 0.155. The van der Waals surface area contributed by atoms with Crippen LogP contribution in [-0.4, -0.2) is 37.5 Å². The van der Waals surface area contributed by atoms with Crippen LogP contribution in [0.3, 0.4) is 0 Å². The first kappa shape index (κ1) is 15.2. The van der Waals surface area contributed by atoms with Gasteiger partial charge in [0.2, 0.25) is 0 Å². The monoisotopic (exact) mass is 264 g/mol. The van der Waals surface area contributed by atoms with E-state index in [-0.39, 0.29) is 18.4 Å². The number of hydrogen-bond acceptors (Lipinski definition) is 4. The van der Waals surface area contributed by atoms with Gasteiger partial charge in [0.15, 0.2) is 0 Å². The number of benzene rings is 1. The number of aliphatic hydroxyl groups is 1. The van der Waals surface area contributed by atoms with Gasteiger partial charge in [-0.1, -0.05) is 24.2 Å². The third-order valence-corrected chi connectivity index (χ3v) is 2.71. The molecule has 104 valence electrons. The predicted molar refractivity (Wildman–Crippen MR) is 74.2 cm³/mol. The lowest BCUT2D eigenvalue weighted by atomic mass is 10.1. The number of oxime groups is 1. The molecule has 0 aliphatic heterocycles. The van der Waals surface area contributed by atoms with Gasteiger partial charge in [-0.05, 0) is 30.0 Å². The van der Waals surface area contributed by atoms with Crippen molar-refractivity contribution in [2.75, 3.05) is 20.3 Å². The van der Waals surface area contributed by atoms with Gasteiger partial charge in [-0.3, -0.25) is 4.79 Å². The highest BCUT2D eigenvalue weighted by Gasteiger charge is 2.07. The molecule has 5 nitrogen and oxygen atoms in total. The summed E-state index contributed by atoms with van der Waals surface area (Å²) in [7, 11) is 1.48. The zero-order valence-corrected chi connectivity index (χ0v) is 11.3. The molecule has 0 saturated heterocycles. The molecule has 1 unspecified atom stereocenters. The summed E-state index contributed by atoms with van der Waals surface area (Å²) in [6.07, 6.45) is 2.26. The molecule has 0 spiro atoms. The minimum Gasteiger partial charge on any atom is -0.399 e. The Morgan fingerprint density at radius 1 is 1.47 bits per heavy atom. The molecule has 0 aliphatic carbocycles. The third-order valence-electron chi connectivity index (χ3n) is 2.71. The highest BCUT2D eigenvalue weighted by atomic mass is 16.6. The lowest BCUT2D eigenvalue weighted by Gasteiger charge is -2.11. The van der Waals surface area contributed by atoms with E-state index in [9.17, 15) is 4.79 Å². The third kappa shape index (κ3) is 5.52. The van der Waals surface area contributed by atoms with Crippen LogP contribution in [0.5, 0.6) is 0 Å². The summed E-state index contributed by atoms with van der Waals surface area (Å²) in [6.45, 7) is 2.69. The zero-order valence-electron chi connectivity index (χ0n) is 11.3. The van der Waals surface area contributed by atoms with E-state index in [0.717, 1.165) is 5.56 Å². The van der Waals surface area contributed by atoms with Crippen molar-refractivity contribution in [2.45, 2.75) is 13.3 Å². The fourth-order valence-electron chi connectivity index (χ4n) is 1.53. The van der Waals surface area contributed by atoms with Crippen molar-refractivity contribution in [2.24, 2.45) is 11.1 Å². The van der Waals surface area contributed by atoms with Crippen LogP contribution < -0.4 is 5.32 Å². The maximum atomic E-state index is 11.8. The Morgan fingerprint density at radius 3 is 2.74 bits per heavy atom. The van der Waals surface area contributed by atoms with Crippen LogP contribution in [0.2, 0.25) is 0 Å². The average Bonchev–Trinajstić information content (AvgIpc) is 2.43. The molecule has 0 radical (unpaired) electrons. The Bertz CT molecular complexity index is 415. The van der Waals surface area contributed by atoms with Gasteiger partial charge in [0.1, 0.15) is 7.11 Å². The van der Waals surface area contributed by atoms with Crippen LogP contribution in [0, 0.1) is 5.92 Å². The molecule has 0 bridgehead atoms. The molecule has 1 aromatic rings. The first-order valence-electron chi connectivity index (χ1n) is 6.23. The van der Waals surface area contributed by atoms with E-state index in [1.807, 2.05) is 6.92 Å². The Morgan fingerprint density at radius 2 is 2.16 bits per heavy atom. The van der Waals surface area contributed by atoms with Gasteiger partial charge in [-0.2, -0.15) is 0 Å². The highest BCUT2D eigenvalue weighted by molar-refractivity contribution is 5.95. The molecule has 0 fully saturated rings. The molecular weight excluding hydrogens is 244 g/mol. The van der Waals surface area contributed by atoms with Crippen LogP contribution in [0.25, 0.3) is 0 Å². The number of aliphatic hydroxyl groups excluding tert-OH is 1. The van der Waals surface area contributed by atoms with E-state index >= 15 is 0 Å². The molecule has 0 aromatic heterocycles. The summed E-state index contributed by atoms with van der Waals surface area (Å²) in [5, 5.41) is 15.3. The SMILES string of the molecule is CO/N=C/c1ccc(C(=O)NCC(C)CCO)cc1. The van der Waals surface area contributed by atoms with Gasteiger partial charge in [0, 0.05) is 18.7 Å². The average molecular weight is 264 g/mol. The van der Waals surface area contributed by atoms with Gasteiger partial charge < -0.3 is 15.3 Å². The quantitative estimate of drug-likeness (QED) is 0.578. The summed E-state index contributed by atoms with van der Waals surface area (Å²) in [6, 6.07) is 7.08. The van der Waals surface area contributed by atoms with Crippen LogP contribution in [0.1, 0.15) is 29.3 Å². The van der Waals surface area contributed by atoms with E-state index in [4.69, 9.17) is 5.11 Å². The summed E-state index contributed by atoms with van der Waals surface area (Å²) >= 11 is 0. The number of carbonyl (C=O) groups is 1. The predicted octanol–water partition coefficient (Wildman–Crippen LogP) is 1.42. The summed E-state index contributed by atoms with van der Waals surface area (Å²) in [5.41, 5.74) is 1.47. The number of rotatable bonds is 7. The van der Waals surface area contributed by atoms with Crippen LogP contribution in [0.4, 0.5) is 0 Å². The number of nitrogens with zero attached hydrogens (tertiary/aromatic N) is 1. The minimum absolute atomic E-state index is 0.111. The molecule has 0 saturated carbocycles. The molecular formula is C14H20N2O3. The van der Waals surface area contributed by atoms with Crippen molar-refractivity contribution in [1.29, 1.82) is 0 Å². The second-order valence-corrected chi connectivity index (χ2v) is 4.37. The first-order valence-corrected chi connectivity index (χ1v) is 6.23. The molecule has 0 heterocycles. The molecule has 1 aromatic carbocycles. The summed E-state index contributed by atoms with van der Waals surface area (Å²) in [4.78, 5) is 16.4. The lowest BCUT2D eigenvalue weighted by Crippen LogP contribution is -2.28. The van der Waals surface area contributed by atoms with Gasteiger partial charge in [-0.25, -0.2) is 0 Å². The number of hydrogen-bond donors (Lipinski definition) is 2. The molecule has 2 N–H and O–H groups in total. The van der Waals surface area contributed by atoms with Crippen molar-refractivity contribution in [3.8, 4) is 0 Å². The van der Waals surface area contributed by atoms with Gasteiger partial charge in [0.25, 0.3) is 5.91 Å². The lowest BCUT2D eigenvalue weighted by molar-refractivity contribution is 0.0945. The van der Waals surface area contributed by atoms with Crippen LogP contribution in [0.15, 0.2) is 29.4 Å². The normalized spacial score (nSPS) is 12.4. The molecule has 5 heteroatoms. The fourth-order valence-corrected chi connectivity index (χ4v) is 1.53. The van der Waals surface area contributed by atoms with Crippen molar-refractivity contribution in [3.05, 3.63) is 35.4 Å². The molecule has 1 amide bonds. The molecule has 1 rings (SSSR count). The highest BCUT2D eigenvalue weighted by Crippen LogP contribution is 2.04. The van der Waals surface area contributed by atoms with Gasteiger partial charge in [0.05, 0.1) is 6.21 Å². The van der Waals surface area contributed by atoms with Gasteiger partial charge >= 0.3 is 0 Å². The fraction of sp³-hybridized carbons (Fsp3) is 0.429. The van der Waals surface area contributed by atoms with Crippen molar-refractivity contribution in [3.63, 3.8) is 0 Å². The number of carbonyl (C=O) groups excluding carboxylic acids is 1. The van der Waals surface area contributed by atoms with Crippen LogP contribution >= 0.6 is 0 Å². The Kier molecular flexibility index (Phi) is 6.60. The van der Waals surface area contributed by atoms with Crippen molar-refractivity contribution < 1.29 is 14.7 Å². The molecule has 0 aliphatic rings. The maximum Gasteiger partial charge on any atom is 0.251 e. The standard InChI is InChI=1S/C14H20N2O3/c1-11(7-8-17)9-15-14(18)13-5-3-12(4-6-13)10-16-19-2/h3-6,10-11,17H,7-9H2,1-2H3,(H,15,18)/b16-10+. The van der Waals surface area contributed by atoms with E-state index < -0.39 is 0 Å². The Hall–Kier alpha value is -1.88. The molecule has 19 heavy (non-hydrogen) atoms. The number of amides is 1. The maximum absolute atomic E-state index is 11.8. The second-order valence-electron chi connectivity index (χ2n) is 4.37. The largest absolute Gasteiger partial charge is 0.399 e. The number of nitrogens with one attached hydrogen (secondary N) is 1. The van der Waals surface area contributed by atoms with E-state index in [0.29, 0.717) is 18.5 Å². The topological polar surface area (TPSA) is 70.9 Å². The Labute approximate surface area is 113 Å². The Balaban J connectivity index is 2.51. The van der Waals surface area contributed by atoms with Crippen molar-refractivity contribution >= 4 is 12.1 Å². The summed E-state index contributed by atoms with van der Waals surface area (Å²) < 4.78 is 0. The van der Waals surface area contributed by atoms with Crippen LogP contribution in [-0.2, 0) is 4.84 Å². The van der Waals surface area contributed by atoms with Crippen molar-refractivity contribution in [1.82, 2.24) is 5.32 Å². The zero-order chi connectivity index (χ0) is 14.1. The van der Waals surface area contributed by atoms with Gasteiger partial charge in [-0.15, -0.1) is 0 Å². The van der Waals surface area contributed by atoms with E-state index in [1.165, 1.54) is 7.11 Å². The van der Waals surface area contributed by atoms with E-state index in [2.05, 4.69) is 15.3 Å². The smallest absolute Gasteiger partial charge is 0.251 e. The first-order chi connectivity index (χ1) is 9.17. The molecule has 1 atom stereocenters.